The van der Waals surface area contributed by atoms with Gasteiger partial charge < -0.3 is 52.5 Å². The number of carbonyl (C=O) groups is 6. The van der Waals surface area contributed by atoms with E-state index in [1.165, 1.54) is 26.2 Å². The molecule has 49 heavy (non-hydrogen) atoms. The molecular weight excluding hydrogens is 658 g/mol. The van der Waals surface area contributed by atoms with Gasteiger partial charge >= 0.3 is 23.9 Å². The Morgan fingerprint density at radius 1 is 0.878 bits per heavy atom. The highest BCUT2D eigenvalue weighted by molar-refractivity contribution is 6.21. The summed E-state index contributed by atoms with van der Waals surface area (Å²) in [6.45, 7) is 3.73. The Morgan fingerprint density at radius 2 is 1.45 bits per heavy atom. The van der Waals surface area contributed by atoms with Crippen molar-refractivity contribution in [1.29, 1.82) is 0 Å². The molecule has 4 heterocycles. The molecule has 4 aliphatic heterocycles. The number of hydrogen-bond donors (Lipinski definition) is 1. The van der Waals surface area contributed by atoms with Gasteiger partial charge in [-0.15, -0.1) is 0 Å². The van der Waals surface area contributed by atoms with E-state index in [9.17, 15) is 33.9 Å². The molecule has 2 amide bonds. The third-order valence-corrected chi connectivity index (χ3v) is 8.36. The zero-order chi connectivity index (χ0) is 35.8. The fourth-order valence-corrected chi connectivity index (χ4v) is 6.26. The Balaban J connectivity index is 1.50. The molecule has 11 atom stereocenters. The highest BCUT2D eigenvalue weighted by Crippen LogP contribution is 2.40. The first-order valence-electron chi connectivity index (χ1n) is 15.2. The molecule has 0 aliphatic carbocycles. The Bertz CT molecular complexity index is 1450. The largest absolute Gasteiger partial charge is 0.465 e. The SMILES string of the molecule is COC(=O)C1(C)OC[C@H]2O[C@@H](OC[C@H]3O[C@H](OC)[C@H](OC(C)=O)[C@@H](OC(C)=O)[C@@H]3O)[C@H](N3C(=O)c4ccccc4C3=O)[C@@H](OC(C)=O)[C@@H]2O1. The minimum atomic E-state index is -1.97. The van der Waals surface area contributed by atoms with Crippen LogP contribution in [-0.4, -0.2) is 140 Å². The number of imide groups is 1. The number of hydrogen-bond acceptors (Lipinski definition) is 17. The van der Waals surface area contributed by atoms with Crippen LogP contribution in [0, 0.1) is 0 Å². The lowest BCUT2D eigenvalue weighted by atomic mass is 9.93. The minimum Gasteiger partial charge on any atom is -0.465 e. The molecule has 0 aromatic heterocycles. The molecule has 1 aromatic rings. The number of esters is 4. The van der Waals surface area contributed by atoms with E-state index in [1.54, 1.807) is 12.1 Å². The summed E-state index contributed by atoms with van der Waals surface area (Å²) in [4.78, 5) is 77.2. The van der Waals surface area contributed by atoms with Gasteiger partial charge in [-0.1, -0.05) is 12.1 Å². The third-order valence-electron chi connectivity index (χ3n) is 8.36. The van der Waals surface area contributed by atoms with Crippen molar-refractivity contribution < 1.29 is 81.2 Å². The van der Waals surface area contributed by atoms with Crippen LogP contribution in [0.1, 0.15) is 48.4 Å². The summed E-state index contributed by atoms with van der Waals surface area (Å²) >= 11 is 0. The molecule has 18 heteroatoms. The summed E-state index contributed by atoms with van der Waals surface area (Å²) in [5, 5.41) is 11.2. The second-order valence-electron chi connectivity index (χ2n) is 11.7. The van der Waals surface area contributed by atoms with E-state index < -0.39 is 109 Å². The van der Waals surface area contributed by atoms with Crippen LogP contribution in [0.3, 0.4) is 0 Å². The number of amides is 2. The second-order valence-corrected chi connectivity index (χ2v) is 11.7. The average molecular weight is 696 g/mol. The summed E-state index contributed by atoms with van der Waals surface area (Å²) in [7, 11) is 2.36. The molecular formula is C31H37NO17. The maximum absolute atomic E-state index is 13.8. The van der Waals surface area contributed by atoms with Crippen LogP contribution >= 0.6 is 0 Å². The monoisotopic (exact) mass is 695 g/mol. The number of aliphatic hydroxyl groups is 1. The zero-order valence-corrected chi connectivity index (χ0v) is 27.4. The van der Waals surface area contributed by atoms with E-state index in [2.05, 4.69) is 0 Å². The lowest BCUT2D eigenvalue weighted by Gasteiger charge is -2.52. The molecule has 0 bridgehead atoms. The Kier molecular flexibility index (Phi) is 10.7. The number of aliphatic hydroxyl groups excluding tert-OH is 1. The standard InChI is InChI=1S/C31H37NO17/c1-13(33)44-23-20(32-26(37)16-9-7-8-10-17(16)27(32)38)28(48-19-12-43-31(4,30(39)41-6)49-22(19)23)42-11-18-21(36)24(45-14(2)34)25(46-15(3)35)29(40-5)47-18/h7-10,18-25,28-29,36H,11-12H2,1-6H3/t18-,19-,20-,21-,22-,23-,24+,25-,28-,29+,31?/m1/s1. The average Bonchev–Trinajstić information content (AvgIpc) is 3.30. The number of methoxy groups -OCH3 is 2. The Labute approximate surface area is 279 Å². The van der Waals surface area contributed by atoms with Gasteiger partial charge in [-0.2, -0.15) is 0 Å². The van der Waals surface area contributed by atoms with E-state index in [4.69, 9.17) is 47.4 Å². The van der Waals surface area contributed by atoms with Gasteiger partial charge in [0.05, 0.1) is 31.5 Å². The fraction of sp³-hybridized carbons (Fsp3) is 0.613. The highest BCUT2D eigenvalue weighted by atomic mass is 16.8. The molecule has 1 N–H and O–H groups in total. The van der Waals surface area contributed by atoms with Gasteiger partial charge in [-0.3, -0.25) is 28.9 Å². The molecule has 1 unspecified atom stereocenters. The fourth-order valence-electron chi connectivity index (χ4n) is 6.26. The summed E-state index contributed by atoms with van der Waals surface area (Å²) in [5.74, 6) is -6.78. The number of ether oxygens (including phenoxy) is 10. The van der Waals surface area contributed by atoms with Gasteiger partial charge in [0.1, 0.15) is 30.5 Å². The van der Waals surface area contributed by atoms with Gasteiger partial charge in [0.15, 0.2) is 30.9 Å². The zero-order valence-electron chi connectivity index (χ0n) is 27.4. The number of fused-ring (bicyclic) bond motifs is 2. The lowest BCUT2D eigenvalue weighted by Crippen LogP contribution is -2.71. The highest BCUT2D eigenvalue weighted by Gasteiger charge is 2.61. The van der Waals surface area contributed by atoms with Crippen LogP contribution in [-0.2, 0) is 66.5 Å². The van der Waals surface area contributed by atoms with Crippen LogP contribution in [0.5, 0.6) is 0 Å². The smallest absolute Gasteiger partial charge is 0.366 e. The molecule has 1 aromatic carbocycles. The van der Waals surface area contributed by atoms with Gasteiger partial charge in [0.25, 0.3) is 17.6 Å². The van der Waals surface area contributed by atoms with E-state index in [-0.39, 0.29) is 17.7 Å². The predicted molar refractivity (Wildman–Crippen MR) is 155 cm³/mol. The molecule has 268 valence electrons. The van der Waals surface area contributed by atoms with E-state index >= 15 is 0 Å². The first-order chi connectivity index (χ1) is 23.2. The van der Waals surface area contributed by atoms with Gasteiger partial charge in [-0.05, 0) is 12.1 Å². The molecule has 3 saturated heterocycles. The van der Waals surface area contributed by atoms with Crippen LogP contribution in [0.2, 0.25) is 0 Å². The Morgan fingerprint density at radius 3 is 2.00 bits per heavy atom. The Hall–Kier alpha value is -4.04. The number of nitrogens with zero attached hydrogens (tertiary/aromatic N) is 1. The van der Waals surface area contributed by atoms with Gasteiger partial charge in [-0.25, -0.2) is 4.79 Å². The summed E-state index contributed by atoms with van der Waals surface area (Å²) in [6, 6.07) is 4.50. The second kappa shape index (κ2) is 14.4. The molecule has 0 saturated carbocycles. The van der Waals surface area contributed by atoms with Crippen molar-refractivity contribution in [2.24, 2.45) is 0 Å². The van der Waals surface area contributed by atoms with Crippen molar-refractivity contribution >= 4 is 35.7 Å². The number of benzene rings is 1. The van der Waals surface area contributed by atoms with Crippen LogP contribution < -0.4 is 0 Å². The first kappa shape index (κ1) is 36.2. The molecule has 0 radical (unpaired) electrons. The summed E-state index contributed by atoms with van der Waals surface area (Å²) < 4.78 is 56.1. The van der Waals surface area contributed by atoms with Crippen molar-refractivity contribution in [2.45, 2.75) is 94.8 Å². The van der Waals surface area contributed by atoms with E-state index in [1.807, 2.05) is 0 Å². The maximum Gasteiger partial charge on any atom is 0.366 e. The quantitative estimate of drug-likeness (QED) is 0.190. The lowest BCUT2D eigenvalue weighted by molar-refractivity contribution is -0.374. The van der Waals surface area contributed by atoms with Crippen LogP contribution in [0.15, 0.2) is 24.3 Å². The summed E-state index contributed by atoms with van der Waals surface area (Å²) in [6.07, 6.45) is -12.6. The molecule has 4 aliphatic rings. The van der Waals surface area contributed by atoms with E-state index in [0.29, 0.717) is 0 Å². The maximum atomic E-state index is 13.8. The first-order valence-corrected chi connectivity index (χ1v) is 15.2. The van der Waals surface area contributed by atoms with Crippen molar-refractivity contribution in [3.05, 3.63) is 35.4 Å². The molecule has 3 fully saturated rings. The van der Waals surface area contributed by atoms with Gasteiger partial charge in [0, 0.05) is 34.8 Å². The number of rotatable bonds is 9. The summed E-state index contributed by atoms with van der Waals surface area (Å²) in [5.41, 5.74) is 0.133. The van der Waals surface area contributed by atoms with Crippen molar-refractivity contribution in [3.63, 3.8) is 0 Å². The van der Waals surface area contributed by atoms with E-state index in [0.717, 1.165) is 32.8 Å². The number of carbonyl (C=O) groups excluding carboxylic acids is 6. The van der Waals surface area contributed by atoms with Crippen LogP contribution in [0.4, 0.5) is 0 Å². The topological polar surface area (TPSA) is 218 Å². The van der Waals surface area contributed by atoms with Crippen molar-refractivity contribution in [2.75, 3.05) is 27.4 Å². The minimum absolute atomic E-state index is 0.0666. The van der Waals surface area contributed by atoms with Crippen molar-refractivity contribution in [3.8, 4) is 0 Å². The predicted octanol–water partition coefficient (Wildman–Crippen LogP) is -0.775. The molecule has 0 spiro atoms. The van der Waals surface area contributed by atoms with Gasteiger partial charge in [0.2, 0.25) is 0 Å². The van der Waals surface area contributed by atoms with Crippen LogP contribution in [0.25, 0.3) is 0 Å². The molecule has 5 rings (SSSR count). The normalized spacial score (nSPS) is 35.5. The molecule has 18 nitrogen and oxygen atoms in total. The van der Waals surface area contributed by atoms with Crippen molar-refractivity contribution in [1.82, 2.24) is 4.90 Å². The third kappa shape index (κ3) is 7.03.